The van der Waals surface area contributed by atoms with E-state index in [0.717, 1.165) is 32.5 Å². The summed E-state index contributed by atoms with van der Waals surface area (Å²) < 4.78 is 11.3. The van der Waals surface area contributed by atoms with E-state index in [1.165, 1.54) is 0 Å². The van der Waals surface area contributed by atoms with Crippen LogP contribution in [0, 0.1) is 5.92 Å². The quantitative estimate of drug-likeness (QED) is 0.779. The van der Waals surface area contributed by atoms with E-state index in [1.54, 1.807) is 0 Å². The van der Waals surface area contributed by atoms with Crippen LogP contribution in [0.2, 0.25) is 0 Å². The zero-order chi connectivity index (χ0) is 14.6. The SMILES string of the molecule is CC(C)NC1(C(=O)O)CCCC(OCC2CCOC2)C1. The first-order valence-electron chi connectivity index (χ1n) is 7.72. The Kier molecular flexibility index (Phi) is 5.41. The minimum absolute atomic E-state index is 0.0479. The highest BCUT2D eigenvalue weighted by atomic mass is 16.5. The molecule has 0 aromatic heterocycles. The van der Waals surface area contributed by atoms with Crippen LogP contribution in [-0.2, 0) is 14.3 Å². The maximum atomic E-state index is 11.7. The summed E-state index contributed by atoms with van der Waals surface area (Å²) >= 11 is 0. The summed E-state index contributed by atoms with van der Waals surface area (Å²) in [5, 5.41) is 12.8. The third-order valence-corrected chi connectivity index (χ3v) is 4.27. The summed E-state index contributed by atoms with van der Waals surface area (Å²) in [6, 6.07) is 0.160. The van der Waals surface area contributed by atoms with Crippen LogP contribution in [0.25, 0.3) is 0 Å². The van der Waals surface area contributed by atoms with Crippen LogP contribution in [0.3, 0.4) is 0 Å². The summed E-state index contributed by atoms with van der Waals surface area (Å²) in [4.78, 5) is 11.7. The lowest BCUT2D eigenvalue weighted by molar-refractivity contribution is -0.149. The van der Waals surface area contributed by atoms with Gasteiger partial charge in [-0.15, -0.1) is 0 Å². The first-order chi connectivity index (χ1) is 9.52. The number of rotatable bonds is 6. The molecule has 5 heteroatoms. The van der Waals surface area contributed by atoms with Gasteiger partial charge in [0.15, 0.2) is 0 Å². The van der Waals surface area contributed by atoms with Gasteiger partial charge >= 0.3 is 5.97 Å². The van der Waals surface area contributed by atoms with Gasteiger partial charge in [0.25, 0.3) is 0 Å². The second-order valence-corrected chi connectivity index (χ2v) is 6.47. The lowest BCUT2D eigenvalue weighted by Crippen LogP contribution is -2.58. The second kappa shape index (κ2) is 6.87. The fraction of sp³-hybridized carbons (Fsp3) is 0.933. The van der Waals surface area contributed by atoms with Gasteiger partial charge in [-0.05, 0) is 39.5 Å². The number of hydrogen-bond donors (Lipinski definition) is 2. The van der Waals surface area contributed by atoms with Crippen LogP contribution >= 0.6 is 0 Å². The maximum Gasteiger partial charge on any atom is 0.324 e. The second-order valence-electron chi connectivity index (χ2n) is 6.47. The van der Waals surface area contributed by atoms with Crippen molar-refractivity contribution in [1.29, 1.82) is 0 Å². The van der Waals surface area contributed by atoms with E-state index in [9.17, 15) is 9.90 Å². The smallest absolute Gasteiger partial charge is 0.324 e. The first-order valence-corrected chi connectivity index (χ1v) is 7.72. The Morgan fingerprint density at radius 3 is 2.90 bits per heavy atom. The maximum absolute atomic E-state index is 11.7. The largest absolute Gasteiger partial charge is 0.480 e. The van der Waals surface area contributed by atoms with E-state index in [-0.39, 0.29) is 12.1 Å². The average Bonchev–Trinajstić information content (AvgIpc) is 2.89. The Balaban J connectivity index is 1.89. The van der Waals surface area contributed by atoms with E-state index < -0.39 is 11.5 Å². The molecule has 0 aromatic rings. The number of carbonyl (C=O) groups is 1. The number of nitrogens with one attached hydrogen (secondary N) is 1. The fourth-order valence-electron chi connectivity index (χ4n) is 3.29. The predicted octanol–water partition coefficient (Wildman–Crippen LogP) is 1.80. The molecular weight excluding hydrogens is 258 g/mol. The normalized spacial score (nSPS) is 34.5. The molecular formula is C15H27NO4. The van der Waals surface area contributed by atoms with Crippen molar-refractivity contribution in [3.8, 4) is 0 Å². The van der Waals surface area contributed by atoms with E-state index in [1.807, 2.05) is 13.8 Å². The number of carboxylic acid groups (broad SMARTS) is 1. The molecule has 5 nitrogen and oxygen atoms in total. The van der Waals surface area contributed by atoms with Crippen molar-refractivity contribution in [2.24, 2.45) is 5.92 Å². The van der Waals surface area contributed by atoms with Crippen LogP contribution in [0.1, 0.15) is 46.0 Å². The van der Waals surface area contributed by atoms with E-state index in [2.05, 4.69) is 5.32 Å². The zero-order valence-corrected chi connectivity index (χ0v) is 12.6. The van der Waals surface area contributed by atoms with Crippen molar-refractivity contribution in [2.45, 2.75) is 63.6 Å². The van der Waals surface area contributed by atoms with E-state index in [0.29, 0.717) is 25.4 Å². The summed E-state index contributed by atoms with van der Waals surface area (Å²) in [7, 11) is 0. The van der Waals surface area contributed by atoms with E-state index in [4.69, 9.17) is 9.47 Å². The molecule has 3 unspecified atom stereocenters. The molecule has 1 saturated heterocycles. The van der Waals surface area contributed by atoms with Crippen molar-refractivity contribution in [1.82, 2.24) is 5.32 Å². The van der Waals surface area contributed by atoms with Crippen molar-refractivity contribution in [3.63, 3.8) is 0 Å². The molecule has 1 saturated carbocycles. The van der Waals surface area contributed by atoms with Crippen LogP contribution < -0.4 is 5.32 Å². The third kappa shape index (κ3) is 3.93. The minimum Gasteiger partial charge on any atom is -0.480 e. The van der Waals surface area contributed by atoms with Gasteiger partial charge in [-0.1, -0.05) is 0 Å². The number of aliphatic carboxylic acids is 1. The van der Waals surface area contributed by atoms with Gasteiger partial charge in [0.2, 0.25) is 0 Å². The van der Waals surface area contributed by atoms with E-state index >= 15 is 0 Å². The molecule has 2 aliphatic rings. The van der Waals surface area contributed by atoms with Crippen molar-refractivity contribution in [3.05, 3.63) is 0 Å². The average molecular weight is 285 g/mol. The highest BCUT2D eigenvalue weighted by molar-refractivity contribution is 5.79. The van der Waals surface area contributed by atoms with Gasteiger partial charge < -0.3 is 14.6 Å². The number of carboxylic acids is 1. The van der Waals surface area contributed by atoms with Crippen molar-refractivity contribution in [2.75, 3.05) is 19.8 Å². The predicted molar refractivity (Wildman–Crippen MR) is 75.8 cm³/mol. The van der Waals surface area contributed by atoms with Crippen LogP contribution in [-0.4, -0.2) is 48.6 Å². The summed E-state index contributed by atoms with van der Waals surface area (Å²) in [6.45, 7) is 6.28. The molecule has 1 heterocycles. The number of hydrogen-bond acceptors (Lipinski definition) is 4. The molecule has 0 bridgehead atoms. The molecule has 1 aliphatic heterocycles. The summed E-state index contributed by atoms with van der Waals surface area (Å²) in [6.07, 6.45) is 4.22. The van der Waals surface area contributed by atoms with Gasteiger partial charge in [0.05, 0.1) is 19.3 Å². The van der Waals surface area contributed by atoms with Gasteiger partial charge in [0.1, 0.15) is 5.54 Å². The lowest BCUT2D eigenvalue weighted by atomic mass is 9.79. The molecule has 2 N–H and O–H groups in total. The molecule has 0 amide bonds. The zero-order valence-electron chi connectivity index (χ0n) is 12.6. The molecule has 2 rings (SSSR count). The Labute approximate surface area is 121 Å². The molecule has 3 atom stereocenters. The van der Waals surface area contributed by atoms with Gasteiger partial charge in [-0.3, -0.25) is 10.1 Å². The first kappa shape index (κ1) is 15.7. The Morgan fingerprint density at radius 2 is 2.30 bits per heavy atom. The molecule has 0 aromatic carbocycles. The van der Waals surface area contributed by atoms with Crippen LogP contribution in [0.15, 0.2) is 0 Å². The Hall–Kier alpha value is -0.650. The monoisotopic (exact) mass is 285 g/mol. The van der Waals surface area contributed by atoms with Gasteiger partial charge in [-0.25, -0.2) is 0 Å². The molecule has 1 aliphatic carbocycles. The van der Waals surface area contributed by atoms with Crippen molar-refractivity contribution < 1.29 is 19.4 Å². The lowest BCUT2D eigenvalue weighted by Gasteiger charge is -2.39. The van der Waals surface area contributed by atoms with Crippen molar-refractivity contribution >= 4 is 5.97 Å². The minimum atomic E-state index is -0.816. The van der Waals surface area contributed by atoms with Crippen LogP contribution in [0.4, 0.5) is 0 Å². The summed E-state index contributed by atoms with van der Waals surface area (Å²) in [5.41, 5.74) is -0.816. The molecule has 0 spiro atoms. The van der Waals surface area contributed by atoms with Crippen LogP contribution in [0.5, 0.6) is 0 Å². The highest BCUT2D eigenvalue weighted by Gasteiger charge is 2.43. The fourth-order valence-corrected chi connectivity index (χ4v) is 3.29. The summed E-state index contributed by atoms with van der Waals surface area (Å²) in [5.74, 6) is -0.266. The highest BCUT2D eigenvalue weighted by Crippen LogP contribution is 2.31. The molecule has 2 fully saturated rings. The van der Waals surface area contributed by atoms with Gasteiger partial charge in [0, 0.05) is 25.0 Å². The topological polar surface area (TPSA) is 67.8 Å². The molecule has 20 heavy (non-hydrogen) atoms. The van der Waals surface area contributed by atoms with Gasteiger partial charge in [-0.2, -0.15) is 0 Å². The standard InChI is InChI=1S/C15H27NO4/c1-11(2)16-15(14(17)18)6-3-4-13(8-15)20-10-12-5-7-19-9-12/h11-13,16H,3-10H2,1-2H3,(H,17,18). The third-order valence-electron chi connectivity index (χ3n) is 4.27. The Bertz CT molecular complexity index is 328. The number of ether oxygens (including phenoxy) is 2. The Morgan fingerprint density at radius 1 is 1.50 bits per heavy atom. The molecule has 0 radical (unpaired) electrons. The molecule has 116 valence electrons.